The number of amides is 1. The van der Waals surface area contributed by atoms with Gasteiger partial charge in [0.2, 0.25) is 5.91 Å². The van der Waals surface area contributed by atoms with Crippen LogP contribution in [-0.4, -0.2) is 21.4 Å². The first-order valence-electron chi connectivity index (χ1n) is 10.2. The van der Waals surface area contributed by atoms with Crippen molar-refractivity contribution < 1.29 is 13.4 Å². The highest BCUT2D eigenvalue weighted by molar-refractivity contribution is 7.84. The van der Waals surface area contributed by atoms with Crippen molar-refractivity contribution in [3.05, 3.63) is 94.4 Å². The Labute approximate surface area is 189 Å². The molecule has 0 saturated heterocycles. The van der Waals surface area contributed by atoms with E-state index in [9.17, 15) is 13.4 Å². The number of pyridine rings is 1. The SMILES string of the molecule is CC1=C(CC(=O)Nc2cc(C)ccn2)c2cc(F)ccc2C1=Cc1ccc(S(C)=O)cc1. The Morgan fingerprint density at radius 2 is 1.81 bits per heavy atom. The summed E-state index contributed by atoms with van der Waals surface area (Å²) in [5.74, 6) is -0.0515. The van der Waals surface area contributed by atoms with E-state index in [-0.39, 0.29) is 18.1 Å². The molecule has 2 aromatic carbocycles. The van der Waals surface area contributed by atoms with Crippen LogP contribution in [0, 0.1) is 12.7 Å². The van der Waals surface area contributed by atoms with Crippen LogP contribution in [0.3, 0.4) is 0 Å². The standard InChI is InChI=1S/C26H23FN2O2S/c1-16-10-11-28-25(12-16)29-26(30)15-23-17(2)22(21-9-6-19(27)14-24(21)23)13-18-4-7-20(8-5-18)32(3)31/h4-14H,15H2,1-3H3,(H,28,29,30). The summed E-state index contributed by atoms with van der Waals surface area (Å²) in [4.78, 5) is 17.7. The van der Waals surface area contributed by atoms with Crippen molar-refractivity contribution in [2.24, 2.45) is 0 Å². The molecule has 1 atom stereocenters. The average molecular weight is 447 g/mol. The van der Waals surface area contributed by atoms with Crippen molar-refractivity contribution in [2.45, 2.75) is 25.2 Å². The Bertz CT molecular complexity index is 1290. The first-order chi connectivity index (χ1) is 15.3. The molecule has 1 heterocycles. The second kappa shape index (κ2) is 9.01. The highest BCUT2D eigenvalue weighted by atomic mass is 32.2. The molecular weight excluding hydrogens is 423 g/mol. The monoisotopic (exact) mass is 446 g/mol. The number of halogens is 1. The smallest absolute Gasteiger partial charge is 0.229 e. The molecule has 6 heteroatoms. The molecule has 1 N–H and O–H groups in total. The van der Waals surface area contributed by atoms with E-state index in [0.717, 1.165) is 43.9 Å². The lowest BCUT2D eigenvalue weighted by Crippen LogP contribution is -2.13. The normalized spacial score (nSPS) is 15.1. The third kappa shape index (κ3) is 4.60. The zero-order chi connectivity index (χ0) is 22.8. The van der Waals surface area contributed by atoms with Crippen LogP contribution in [0.1, 0.15) is 35.6 Å². The lowest BCUT2D eigenvalue weighted by Gasteiger charge is -2.08. The number of allylic oxidation sites excluding steroid dienone is 2. The Hall–Kier alpha value is -3.38. The van der Waals surface area contributed by atoms with Crippen molar-refractivity contribution >= 4 is 39.7 Å². The number of nitrogens with one attached hydrogen (secondary N) is 1. The molecule has 162 valence electrons. The molecule has 3 aromatic rings. The summed E-state index contributed by atoms with van der Waals surface area (Å²) < 4.78 is 25.7. The first-order valence-corrected chi connectivity index (χ1v) is 11.8. The van der Waals surface area contributed by atoms with Gasteiger partial charge in [-0.2, -0.15) is 0 Å². The van der Waals surface area contributed by atoms with Crippen molar-refractivity contribution in [3.63, 3.8) is 0 Å². The fourth-order valence-electron chi connectivity index (χ4n) is 3.86. The highest BCUT2D eigenvalue weighted by Crippen LogP contribution is 2.44. The minimum Gasteiger partial charge on any atom is -0.310 e. The Kier molecular flexibility index (Phi) is 6.15. The predicted octanol–water partition coefficient (Wildman–Crippen LogP) is 5.62. The largest absolute Gasteiger partial charge is 0.310 e. The van der Waals surface area contributed by atoms with Crippen LogP contribution in [0.5, 0.6) is 0 Å². The van der Waals surface area contributed by atoms with Crippen LogP contribution in [0.2, 0.25) is 0 Å². The van der Waals surface area contributed by atoms with Gasteiger partial charge in [0.1, 0.15) is 11.6 Å². The molecule has 0 spiro atoms. The molecule has 1 aromatic heterocycles. The lowest BCUT2D eigenvalue weighted by atomic mass is 10.0. The van der Waals surface area contributed by atoms with Gasteiger partial charge in [0.25, 0.3) is 0 Å². The summed E-state index contributed by atoms with van der Waals surface area (Å²) in [6.07, 6.45) is 5.42. The number of aromatic nitrogens is 1. The van der Waals surface area contributed by atoms with Gasteiger partial charge in [-0.3, -0.25) is 9.00 Å². The van der Waals surface area contributed by atoms with Gasteiger partial charge in [0, 0.05) is 28.1 Å². The minimum absolute atomic E-state index is 0.114. The molecule has 1 aliphatic rings. The van der Waals surface area contributed by atoms with E-state index >= 15 is 0 Å². The summed E-state index contributed by atoms with van der Waals surface area (Å²) >= 11 is 0. The fourth-order valence-corrected chi connectivity index (χ4v) is 4.38. The number of hydrogen-bond donors (Lipinski definition) is 1. The summed E-state index contributed by atoms with van der Waals surface area (Å²) in [5, 5.41) is 2.83. The number of nitrogens with zero attached hydrogens (tertiary/aromatic N) is 1. The zero-order valence-corrected chi connectivity index (χ0v) is 18.9. The van der Waals surface area contributed by atoms with Gasteiger partial charge in [0.05, 0.1) is 6.42 Å². The number of hydrogen-bond acceptors (Lipinski definition) is 3. The number of aryl methyl sites for hydroxylation is 1. The van der Waals surface area contributed by atoms with E-state index in [1.165, 1.54) is 12.1 Å². The van der Waals surface area contributed by atoms with Crippen LogP contribution in [-0.2, 0) is 15.6 Å². The summed E-state index contributed by atoms with van der Waals surface area (Å²) in [6.45, 7) is 3.88. The van der Waals surface area contributed by atoms with Gasteiger partial charge in [-0.25, -0.2) is 9.37 Å². The number of benzene rings is 2. The molecule has 32 heavy (non-hydrogen) atoms. The van der Waals surface area contributed by atoms with E-state index in [1.807, 2.05) is 50.3 Å². The second-order valence-electron chi connectivity index (χ2n) is 7.82. The maximum atomic E-state index is 14.1. The molecule has 0 aliphatic heterocycles. The van der Waals surface area contributed by atoms with E-state index in [4.69, 9.17) is 0 Å². The average Bonchev–Trinajstić information content (AvgIpc) is 2.99. The molecule has 0 bridgehead atoms. The maximum absolute atomic E-state index is 14.1. The van der Waals surface area contributed by atoms with E-state index in [0.29, 0.717) is 5.82 Å². The molecule has 0 saturated carbocycles. The van der Waals surface area contributed by atoms with Crippen molar-refractivity contribution in [2.75, 3.05) is 11.6 Å². The van der Waals surface area contributed by atoms with E-state index < -0.39 is 10.8 Å². The van der Waals surface area contributed by atoms with Gasteiger partial charge in [-0.1, -0.05) is 18.2 Å². The first kappa shape index (κ1) is 21.8. The van der Waals surface area contributed by atoms with E-state index in [1.54, 1.807) is 24.6 Å². The number of fused-ring (bicyclic) bond motifs is 1. The topological polar surface area (TPSA) is 59.1 Å². The van der Waals surface area contributed by atoms with Gasteiger partial charge >= 0.3 is 0 Å². The maximum Gasteiger partial charge on any atom is 0.229 e. The number of anilines is 1. The Balaban J connectivity index is 1.68. The zero-order valence-electron chi connectivity index (χ0n) is 18.1. The Morgan fingerprint density at radius 3 is 2.50 bits per heavy atom. The molecule has 4 nitrogen and oxygen atoms in total. The number of rotatable bonds is 5. The van der Waals surface area contributed by atoms with Crippen LogP contribution < -0.4 is 5.32 Å². The van der Waals surface area contributed by atoms with Crippen LogP contribution in [0.4, 0.5) is 10.2 Å². The highest BCUT2D eigenvalue weighted by Gasteiger charge is 2.26. The van der Waals surface area contributed by atoms with Gasteiger partial charge < -0.3 is 5.32 Å². The van der Waals surface area contributed by atoms with Crippen LogP contribution in [0.25, 0.3) is 17.2 Å². The summed E-state index contributed by atoms with van der Waals surface area (Å²) in [6, 6.07) is 15.8. The second-order valence-corrected chi connectivity index (χ2v) is 9.20. The van der Waals surface area contributed by atoms with Crippen LogP contribution in [0.15, 0.2) is 71.3 Å². The molecule has 4 rings (SSSR count). The minimum atomic E-state index is -1.04. The lowest BCUT2D eigenvalue weighted by molar-refractivity contribution is -0.115. The third-order valence-electron chi connectivity index (χ3n) is 5.50. The van der Waals surface area contributed by atoms with Gasteiger partial charge in [-0.15, -0.1) is 0 Å². The number of carbonyl (C=O) groups excluding carboxylic acids is 1. The number of carbonyl (C=O) groups is 1. The predicted molar refractivity (Wildman–Crippen MR) is 128 cm³/mol. The molecule has 1 unspecified atom stereocenters. The van der Waals surface area contributed by atoms with Crippen molar-refractivity contribution in [1.29, 1.82) is 0 Å². The molecule has 0 fully saturated rings. The van der Waals surface area contributed by atoms with Gasteiger partial charge in [-0.05, 0) is 95.3 Å². The van der Waals surface area contributed by atoms with Crippen molar-refractivity contribution in [3.8, 4) is 0 Å². The van der Waals surface area contributed by atoms with E-state index in [2.05, 4.69) is 10.3 Å². The third-order valence-corrected chi connectivity index (χ3v) is 6.43. The summed E-state index contributed by atoms with van der Waals surface area (Å²) in [5.41, 5.74) is 6.24. The van der Waals surface area contributed by atoms with Gasteiger partial charge in [0.15, 0.2) is 0 Å². The Morgan fingerprint density at radius 1 is 1.06 bits per heavy atom. The molecule has 1 amide bonds. The summed E-state index contributed by atoms with van der Waals surface area (Å²) in [7, 11) is -1.04. The molecule has 1 aliphatic carbocycles. The molecule has 0 radical (unpaired) electrons. The van der Waals surface area contributed by atoms with Crippen LogP contribution >= 0.6 is 0 Å². The fraction of sp³-hybridized carbons (Fsp3) is 0.154. The molecular formula is C26H23FN2O2S. The quantitative estimate of drug-likeness (QED) is 0.553. The van der Waals surface area contributed by atoms with Crippen molar-refractivity contribution in [1.82, 2.24) is 4.98 Å².